The molecule has 4 nitrogen and oxygen atoms in total. The Morgan fingerprint density at radius 2 is 2.24 bits per heavy atom. The van der Waals surface area contributed by atoms with Gasteiger partial charge in [0.25, 0.3) is 0 Å². The largest absolute Gasteiger partial charge is 0.342 e. The fourth-order valence-corrected chi connectivity index (χ4v) is 1.91. The summed E-state index contributed by atoms with van der Waals surface area (Å²) in [5.41, 5.74) is 9.08. The Morgan fingerprint density at radius 1 is 1.47 bits per heavy atom. The van der Waals surface area contributed by atoms with Gasteiger partial charge in [0.2, 0.25) is 0 Å². The first kappa shape index (κ1) is 12.1. The van der Waals surface area contributed by atoms with E-state index < -0.39 is 0 Å². The minimum Gasteiger partial charge on any atom is -0.342 e. The molecule has 2 rings (SSSR count). The number of rotatable bonds is 4. The lowest BCUT2D eigenvalue weighted by atomic mass is 10.1. The van der Waals surface area contributed by atoms with Crippen LogP contribution >= 0.6 is 0 Å². The van der Waals surface area contributed by atoms with Crippen molar-refractivity contribution in [1.29, 1.82) is 0 Å². The second-order valence-corrected chi connectivity index (χ2v) is 4.67. The Kier molecular flexibility index (Phi) is 3.45. The van der Waals surface area contributed by atoms with Crippen molar-refractivity contribution < 1.29 is 0 Å². The predicted molar refractivity (Wildman–Crippen MR) is 70.8 cm³/mol. The van der Waals surface area contributed by atoms with E-state index in [0.717, 1.165) is 23.4 Å². The maximum absolute atomic E-state index is 5.66. The summed E-state index contributed by atoms with van der Waals surface area (Å²) in [5.74, 6) is 0.959. The van der Waals surface area contributed by atoms with Gasteiger partial charge < -0.3 is 10.7 Å². The molecule has 1 atom stereocenters. The Hall–Kier alpha value is -1.39. The van der Waals surface area contributed by atoms with E-state index in [1.165, 1.54) is 5.56 Å². The predicted octanol–water partition coefficient (Wildman–Crippen LogP) is 1.65. The number of aryl methyl sites for hydroxylation is 1. The van der Waals surface area contributed by atoms with E-state index in [-0.39, 0.29) is 0 Å². The third-order valence-corrected chi connectivity index (χ3v) is 3.19. The minimum atomic E-state index is 0.397. The molecule has 17 heavy (non-hydrogen) atoms. The number of hydrogen-bond acceptors (Lipinski definition) is 3. The summed E-state index contributed by atoms with van der Waals surface area (Å²) in [6.45, 7) is 5.70. The molecule has 0 spiro atoms. The molecule has 1 aromatic heterocycles. The summed E-state index contributed by atoms with van der Waals surface area (Å²) in [6.07, 6.45) is 0. The molecule has 3 N–H and O–H groups in total. The van der Waals surface area contributed by atoms with Crippen LogP contribution in [0.15, 0.2) is 18.2 Å². The molecular formula is C13H20N4. The summed E-state index contributed by atoms with van der Waals surface area (Å²) in [7, 11) is 2.10. The van der Waals surface area contributed by atoms with Crippen molar-refractivity contribution in [3.8, 4) is 0 Å². The summed E-state index contributed by atoms with van der Waals surface area (Å²) < 4.78 is 0. The molecule has 2 aromatic rings. The average Bonchev–Trinajstić information content (AvgIpc) is 2.67. The molecule has 0 saturated heterocycles. The van der Waals surface area contributed by atoms with Crippen LogP contribution in [0.4, 0.5) is 0 Å². The highest BCUT2D eigenvalue weighted by atomic mass is 15.1. The zero-order valence-electron chi connectivity index (χ0n) is 10.7. The zero-order chi connectivity index (χ0) is 12.4. The third kappa shape index (κ3) is 2.65. The Balaban J connectivity index is 2.18. The highest BCUT2D eigenvalue weighted by molar-refractivity contribution is 5.75. The van der Waals surface area contributed by atoms with Crippen LogP contribution in [0.2, 0.25) is 0 Å². The molecule has 0 amide bonds. The van der Waals surface area contributed by atoms with Gasteiger partial charge in [-0.25, -0.2) is 4.98 Å². The number of nitrogens with zero attached hydrogens (tertiary/aromatic N) is 2. The average molecular weight is 232 g/mol. The number of hydrogen-bond donors (Lipinski definition) is 2. The van der Waals surface area contributed by atoms with Crippen LogP contribution in [0.5, 0.6) is 0 Å². The van der Waals surface area contributed by atoms with E-state index in [1.54, 1.807) is 0 Å². The fraction of sp³-hybridized carbons (Fsp3) is 0.462. The second kappa shape index (κ2) is 4.85. The smallest absolute Gasteiger partial charge is 0.104 e. The van der Waals surface area contributed by atoms with Crippen molar-refractivity contribution in [3.05, 3.63) is 29.6 Å². The van der Waals surface area contributed by atoms with Crippen molar-refractivity contribution in [2.24, 2.45) is 5.73 Å². The number of nitrogens with two attached hydrogens (primary N) is 1. The number of H-pyrrole nitrogens is 1. The number of aromatic amines is 1. The minimum absolute atomic E-state index is 0.397. The van der Waals surface area contributed by atoms with Crippen LogP contribution in [-0.4, -0.2) is 34.5 Å². The number of aromatic nitrogens is 2. The lowest BCUT2D eigenvalue weighted by Crippen LogP contribution is -2.34. The Bertz CT molecular complexity index is 503. The van der Waals surface area contributed by atoms with Crippen molar-refractivity contribution in [2.45, 2.75) is 26.4 Å². The monoisotopic (exact) mass is 232 g/mol. The van der Waals surface area contributed by atoms with Crippen molar-refractivity contribution in [1.82, 2.24) is 14.9 Å². The van der Waals surface area contributed by atoms with Crippen LogP contribution in [0, 0.1) is 6.92 Å². The molecular weight excluding hydrogens is 212 g/mol. The van der Waals surface area contributed by atoms with E-state index in [4.69, 9.17) is 5.73 Å². The molecule has 4 heteroatoms. The molecule has 1 heterocycles. The molecule has 0 aliphatic carbocycles. The van der Waals surface area contributed by atoms with Crippen molar-refractivity contribution >= 4 is 11.0 Å². The van der Waals surface area contributed by atoms with Gasteiger partial charge in [-0.15, -0.1) is 0 Å². The van der Waals surface area contributed by atoms with Gasteiger partial charge in [-0.2, -0.15) is 0 Å². The topological polar surface area (TPSA) is 57.9 Å². The molecule has 0 radical (unpaired) electrons. The van der Waals surface area contributed by atoms with Crippen LogP contribution in [0.3, 0.4) is 0 Å². The van der Waals surface area contributed by atoms with Crippen molar-refractivity contribution in [2.75, 3.05) is 13.6 Å². The number of benzene rings is 1. The van der Waals surface area contributed by atoms with Gasteiger partial charge in [0.1, 0.15) is 5.82 Å². The normalized spacial score (nSPS) is 13.5. The van der Waals surface area contributed by atoms with E-state index in [0.29, 0.717) is 12.6 Å². The van der Waals surface area contributed by atoms with E-state index in [1.807, 2.05) is 6.92 Å². The summed E-state index contributed by atoms with van der Waals surface area (Å²) in [4.78, 5) is 9.91. The first-order chi connectivity index (χ1) is 8.10. The van der Waals surface area contributed by atoms with Gasteiger partial charge >= 0.3 is 0 Å². The van der Waals surface area contributed by atoms with Crippen LogP contribution < -0.4 is 5.73 Å². The van der Waals surface area contributed by atoms with Gasteiger partial charge in [-0.3, -0.25) is 4.90 Å². The van der Waals surface area contributed by atoms with Crippen LogP contribution in [0.25, 0.3) is 11.0 Å². The highest BCUT2D eigenvalue weighted by Crippen LogP contribution is 2.15. The van der Waals surface area contributed by atoms with Gasteiger partial charge in [-0.1, -0.05) is 6.07 Å². The van der Waals surface area contributed by atoms with E-state index in [9.17, 15) is 0 Å². The van der Waals surface area contributed by atoms with Crippen LogP contribution in [0.1, 0.15) is 18.3 Å². The number of fused-ring (bicyclic) bond motifs is 1. The van der Waals surface area contributed by atoms with E-state index >= 15 is 0 Å². The molecule has 0 aliphatic heterocycles. The summed E-state index contributed by atoms with van der Waals surface area (Å²) in [5, 5.41) is 0. The Morgan fingerprint density at radius 3 is 2.94 bits per heavy atom. The lowest BCUT2D eigenvalue weighted by Gasteiger charge is -2.23. The highest BCUT2D eigenvalue weighted by Gasteiger charge is 2.08. The molecule has 0 bridgehead atoms. The fourth-order valence-electron chi connectivity index (χ4n) is 1.91. The van der Waals surface area contributed by atoms with Gasteiger partial charge in [0, 0.05) is 19.1 Å². The number of nitrogens with one attached hydrogen (secondary N) is 1. The van der Waals surface area contributed by atoms with Gasteiger partial charge in [0.05, 0.1) is 11.0 Å². The molecule has 0 saturated carbocycles. The van der Waals surface area contributed by atoms with Gasteiger partial charge in [0.15, 0.2) is 0 Å². The molecule has 92 valence electrons. The van der Waals surface area contributed by atoms with Crippen molar-refractivity contribution in [3.63, 3.8) is 0 Å². The first-order valence-corrected chi connectivity index (χ1v) is 5.95. The lowest BCUT2D eigenvalue weighted by molar-refractivity contribution is 0.255. The first-order valence-electron chi connectivity index (χ1n) is 5.95. The zero-order valence-corrected chi connectivity index (χ0v) is 10.7. The maximum Gasteiger partial charge on any atom is 0.104 e. The quantitative estimate of drug-likeness (QED) is 0.842. The number of likely N-dealkylation sites (N-methyl/N-ethyl adjacent to an activating group) is 1. The summed E-state index contributed by atoms with van der Waals surface area (Å²) >= 11 is 0. The Labute approximate surface area is 102 Å². The van der Waals surface area contributed by atoms with Crippen LogP contribution in [-0.2, 0) is 6.54 Å². The second-order valence-electron chi connectivity index (χ2n) is 4.67. The SMILES string of the molecule is Cc1nc2ccc(CN(C)C(C)CN)cc2[nH]1. The maximum atomic E-state index is 5.66. The third-order valence-electron chi connectivity index (χ3n) is 3.19. The standard InChI is InChI=1S/C13H20N4/c1-9(7-14)17(3)8-11-4-5-12-13(6-11)16-10(2)15-12/h4-6,9H,7-8,14H2,1-3H3,(H,15,16). The molecule has 1 unspecified atom stereocenters. The molecule has 1 aromatic carbocycles. The number of imidazole rings is 1. The molecule has 0 aliphatic rings. The van der Waals surface area contributed by atoms with Gasteiger partial charge in [-0.05, 0) is 38.6 Å². The summed E-state index contributed by atoms with van der Waals surface area (Å²) in [6, 6.07) is 6.75. The molecule has 0 fully saturated rings. The van der Waals surface area contributed by atoms with E-state index in [2.05, 4.69) is 47.0 Å².